The van der Waals surface area contributed by atoms with Crippen molar-refractivity contribution in [2.75, 3.05) is 6.54 Å². The summed E-state index contributed by atoms with van der Waals surface area (Å²) in [6, 6.07) is 6.93. The van der Waals surface area contributed by atoms with E-state index < -0.39 is 0 Å². The first-order valence-electron chi connectivity index (χ1n) is 7.37. The fraction of sp³-hybridized carbons (Fsp3) is 0.500. The first-order chi connectivity index (χ1) is 10.0. The largest absolute Gasteiger partial charge is 0.308 e. The second kappa shape index (κ2) is 7.18. The molecule has 1 N–H and O–H groups in total. The van der Waals surface area contributed by atoms with E-state index in [0.717, 1.165) is 29.7 Å². The van der Waals surface area contributed by atoms with Crippen LogP contribution in [0.3, 0.4) is 0 Å². The van der Waals surface area contributed by atoms with E-state index in [1.807, 2.05) is 11.7 Å². The maximum Gasteiger partial charge on any atom is 0.153 e. The lowest BCUT2D eigenvalue weighted by atomic mass is 9.99. The molecule has 0 fully saturated rings. The van der Waals surface area contributed by atoms with Gasteiger partial charge in [-0.2, -0.15) is 0 Å². The predicted molar refractivity (Wildman–Crippen MR) is 89.4 cm³/mol. The molecule has 114 valence electrons. The number of hydrogen-bond acceptors (Lipinski definition) is 3. The molecule has 5 heteroatoms. The zero-order chi connectivity index (χ0) is 15.4. The predicted octanol–water partition coefficient (Wildman–Crippen LogP) is 3.48. The first-order valence-corrected chi connectivity index (χ1v) is 8.16. The fourth-order valence-electron chi connectivity index (χ4n) is 2.72. The lowest BCUT2D eigenvalue weighted by Gasteiger charge is -2.19. The number of halogens is 1. The van der Waals surface area contributed by atoms with E-state index in [0.29, 0.717) is 0 Å². The van der Waals surface area contributed by atoms with Gasteiger partial charge in [0.05, 0.1) is 11.7 Å². The number of hydrogen-bond donors (Lipinski definition) is 1. The molecule has 0 radical (unpaired) electrons. The van der Waals surface area contributed by atoms with Crippen molar-refractivity contribution in [1.82, 2.24) is 20.3 Å². The summed E-state index contributed by atoms with van der Waals surface area (Å²) in [6.07, 6.45) is 2.04. The van der Waals surface area contributed by atoms with Crippen LogP contribution in [-0.2, 0) is 13.5 Å². The molecule has 0 saturated carbocycles. The molecular formula is C16H23BrN4. The molecule has 0 aliphatic heterocycles. The van der Waals surface area contributed by atoms with E-state index in [4.69, 9.17) is 0 Å². The third kappa shape index (κ3) is 4.14. The third-order valence-corrected chi connectivity index (χ3v) is 4.08. The summed E-state index contributed by atoms with van der Waals surface area (Å²) in [6.45, 7) is 7.45. The maximum atomic E-state index is 4.11. The van der Waals surface area contributed by atoms with Crippen molar-refractivity contribution in [3.05, 3.63) is 45.2 Å². The highest BCUT2D eigenvalue weighted by molar-refractivity contribution is 9.10. The van der Waals surface area contributed by atoms with E-state index in [1.165, 1.54) is 16.7 Å². The van der Waals surface area contributed by atoms with Gasteiger partial charge < -0.3 is 5.32 Å². The smallest absolute Gasteiger partial charge is 0.153 e. The summed E-state index contributed by atoms with van der Waals surface area (Å²) in [7, 11) is 1.94. The highest BCUT2D eigenvalue weighted by Crippen LogP contribution is 2.24. The molecule has 1 aromatic heterocycles. The number of nitrogens with zero attached hydrogens (tertiary/aromatic N) is 3. The fourth-order valence-corrected chi connectivity index (χ4v) is 3.32. The summed E-state index contributed by atoms with van der Waals surface area (Å²) >= 11 is 3.52. The van der Waals surface area contributed by atoms with Crippen LogP contribution in [0.4, 0.5) is 0 Å². The lowest BCUT2D eigenvalue weighted by molar-refractivity contribution is 0.490. The highest BCUT2D eigenvalue weighted by atomic mass is 79.9. The van der Waals surface area contributed by atoms with Gasteiger partial charge in [0.1, 0.15) is 0 Å². The average molecular weight is 351 g/mol. The molecule has 0 aliphatic carbocycles. The minimum atomic E-state index is 0.209. The number of benzene rings is 1. The minimum Gasteiger partial charge on any atom is -0.308 e. The SMILES string of the molecule is CCCNC(Cc1cc(C)cc(C)c1)c1c(Br)nnn1C. The summed E-state index contributed by atoms with van der Waals surface area (Å²) in [5.74, 6) is 0. The Morgan fingerprint density at radius 2 is 1.90 bits per heavy atom. The Labute approximate surface area is 135 Å². The van der Waals surface area contributed by atoms with Gasteiger partial charge in [0.2, 0.25) is 0 Å². The molecule has 4 nitrogen and oxygen atoms in total. The molecule has 0 bridgehead atoms. The molecule has 21 heavy (non-hydrogen) atoms. The Hall–Kier alpha value is -1.20. The maximum absolute atomic E-state index is 4.11. The van der Waals surface area contributed by atoms with Gasteiger partial charge in [-0.15, -0.1) is 5.10 Å². The Balaban J connectivity index is 2.28. The van der Waals surface area contributed by atoms with E-state index in [1.54, 1.807) is 0 Å². The number of aryl methyl sites for hydroxylation is 3. The Bertz CT molecular complexity index is 567. The van der Waals surface area contributed by atoms with Gasteiger partial charge in [0.25, 0.3) is 0 Å². The van der Waals surface area contributed by atoms with Crippen molar-refractivity contribution in [3.8, 4) is 0 Å². The van der Waals surface area contributed by atoms with E-state index in [2.05, 4.69) is 70.5 Å². The quantitative estimate of drug-likeness (QED) is 0.867. The lowest BCUT2D eigenvalue weighted by Crippen LogP contribution is -2.26. The van der Waals surface area contributed by atoms with E-state index in [9.17, 15) is 0 Å². The van der Waals surface area contributed by atoms with Gasteiger partial charge in [-0.05, 0) is 54.7 Å². The van der Waals surface area contributed by atoms with Crippen molar-refractivity contribution in [2.45, 2.75) is 39.7 Å². The van der Waals surface area contributed by atoms with Crippen LogP contribution >= 0.6 is 15.9 Å². The molecule has 0 spiro atoms. The molecule has 0 aliphatic rings. The molecule has 2 aromatic rings. The number of aromatic nitrogens is 3. The van der Waals surface area contributed by atoms with Crippen LogP contribution in [-0.4, -0.2) is 21.5 Å². The van der Waals surface area contributed by atoms with Gasteiger partial charge >= 0.3 is 0 Å². The normalized spacial score (nSPS) is 12.6. The molecule has 1 heterocycles. The average Bonchev–Trinajstić information content (AvgIpc) is 2.73. The van der Waals surface area contributed by atoms with Gasteiger partial charge in [-0.1, -0.05) is 41.5 Å². The van der Waals surface area contributed by atoms with Crippen LogP contribution in [0.1, 0.15) is 41.8 Å². The van der Waals surface area contributed by atoms with Crippen molar-refractivity contribution in [1.29, 1.82) is 0 Å². The van der Waals surface area contributed by atoms with Crippen LogP contribution in [0.2, 0.25) is 0 Å². The monoisotopic (exact) mass is 350 g/mol. The van der Waals surface area contributed by atoms with Crippen LogP contribution in [0.15, 0.2) is 22.8 Å². The Morgan fingerprint density at radius 3 is 2.43 bits per heavy atom. The number of rotatable bonds is 6. The summed E-state index contributed by atoms with van der Waals surface area (Å²) < 4.78 is 2.67. The van der Waals surface area contributed by atoms with Crippen LogP contribution in [0.25, 0.3) is 0 Å². The first kappa shape index (κ1) is 16.2. The van der Waals surface area contributed by atoms with Crippen molar-refractivity contribution < 1.29 is 0 Å². The molecule has 1 unspecified atom stereocenters. The molecule has 1 atom stereocenters. The van der Waals surface area contributed by atoms with Crippen molar-refractivity contribution in [3.63, 3.8) is 0 Å². The van der Waals surface area contributed by atoms with Gasteiger partial charge in [-0.25, -0.2) is 4.68 Å². The van der Waals surface area contributed by atoms with Gasteiger partial charge in [0, 0.05) is 7.05 Å². The molecular weight excluding hydrogens is 328 g/mol. The highest BCUT2D eigenvalue weighted by Gasteiger charge is 2.20. The second-order valence-electron chi connectivity index (χ2n) is 5.60. The minimum absolute atomic E-state index is 0.209. The van der Waals surface area contributed by atoms with Crippen LogP contribution < -0.4 is 5.32 Å². The van der Waals surface area contributed by atoms with Crippen LogP contribution in [0.5, 0.6) is 0 Å². The molecule has 0 amide bonds. The molecule has 2 rings (SSSR count). The summed E-state index contributed by atoms with van der Waals surface area (Å²) in [5, 5.41) is 11.8. The van der Waals surface area contributed by atoms with Crippen molar-refractivity contribution >= 4 is 15.9 Å². The summed E-state index contributed by atoms with van der Waals surface area (Å²) in [4.78, 5) is 0. The Kier molecular flexibility index (Phi) is 5.53. The molecule has 1 aromatic carbocycles. The van der Waals surface area contributed by atoms with E-state index >= 15 is 0 Å². The zero-order valence-electron chi connectivity index (χ0n) is 13.2. The van der Waals surface area contributed by atoms with E-state index in [-0.39, 0.29) is 6.04 Å². The standard InChI is InChI=1S/C16H23BrN4/c1-5-6-18-14(15-16(17)19-20-21(15)4)10-13-8-11(2)7-12(3)9-13/h7-9,14,18H,5-6,10H2,1-4H3. The topological polar surface area (TPSA) is 42.7 Å². The van der Waals surface area contributed by atoms with Crippen LogP contribution in [0, 0.1) is 13.8 Å². The Morgan fingerprint density at radius 1 is 1.24 bits per heavy atom. The summed E-state index contributed by atoms with van der Waals surface area (Å²) in [5.41, 5.74) is 5.06. The number of nitrogens with one attached hydrogen (secondary N) is 1. The van der Waals surface area contributed by atoms with Crippen molar-refractivity contribution in [2.24, 2.45) is 7.05 Å². The second-order valence-corrected chi connectivity index (χ2v) is 6.35. The molecule has 0 saturated heterocycles. The zero-order valence-corrected chi connectivity index (χ0v) is 14.7. The van der Waals surface area contributed by atoms with Gasteiger partial charge in [0.15, 0.2) is 4.60 Å². The third-order valence-electron chi connectivity index (χ3n) is 3.52. The van der Waals surface area contributed by atoms with Gasteiger partial charge in [-0.3, -0.25) is 0 Å².